The van der Waals surface area contributed by atoms with Crippen molar-refractivity contribution in [2.75, 3.05) is 29.1 Å². The molecule has 0 radical (unpaired) electrons. The number of nitrogens with zero attached hydrogens (tertiary/aromatic N) is 5. The Labute approximate surface area is 478 Å². The van der Waals surface area contributed by atoms with Crippen LogP contribution in [0.5, 0.6) is 5.75 Å². The van der Waals surface area contributed by atoms with E-state index in [1.165, 1.54) is 23.9 Å². The number of nitrogens with one attached hydrogen (secondary N) is 7. The van der Waals surface area contributed by atoms with E-state index in [4.69, 9.17) is 26.2 Å². The van der Waals surface area contributed by atoms with E-state index in [1.54, 1.807) is 48.7 Å². The summed E-state index contributed by atoms with van der Waals surface area (Å²) in [7, 11) is 0. The molecule has 5 aromatic rings. The average Bonchev–Trinajstić information content (AvgIpc) is 3.93. The Morgan fingerprint density at radius 2 is 1.72 bits per heavy atom. The average molecular weight is 1130 g/mol. The van der Waals surface area contributed by atoms with Gasteiger partial charge in [-0.1, -0.05) is 66.6 Å². The summed E-state index contributed by atoms with van der Waals surface area (Å²) in [5.74, 6) is 4.28. The molecular formula is C60H61ClN12O9. The maximum atomic E-state index is 13.3. The van der Waals surface area contributed by atoms with Gasteiger partial charge >= 0.3 is 6.09 Å². The SMILES string of the molecule is C=CC(=O)Nc1ccccc1Nc1nc(Nc2ccnc(C#CCCNC(=O)OC3CCCC4C(c5ccc(CNC(=O)CCCCCOc6cccc7c6C(=O)N(C6CCC(=O)NC6=O)C7=O)cc5)=NNC(C)=C4CC3)c2)ncc1Cl. The van der Waals surface area contributed by atoms with Gasteiger partial charge in [0.25, 0.3) is 11.8 Å². The van der Waals surface area contributed by atoms with Gasteiger partial charge in [-0.05, 0) is 130 Å². The number of anilines is 5. The summed E-state index contributed by atoms with van der Waals surface area (Å²) < 4.78 is 11.8. The van der Waals surface area contributed by atoms with Crippen LogP contribution in [0.4, 0.5) is 33.6 Å². The zero-order valence-electron chi connectivity index (χ0n) is 45.1. The highest BCUT2D eigenvalue weighted by Gasteiger charge is 2.46. The molecule has 3 atom stereocenters. The van der Waals surface area contributed by atoms with Gasteiger partial charge in [0.1, 0.15) is 28.6 Å². The van der Waals surface area contributed by atoms with Gasteiger partial charge in [-0.15, -0.1) is 0 Å². The van der Waals surface area contributed by atoms with Crippen molar-refractivity contribution >= 4 is 87.7 Å². The van der Waals surface area contributed by atoms with E-state index in [9.17, 15) is 33.6 Å². The third-order valence-electron chi connectivity index (χ3n) is 14.2. The Kier molecular flexibility index (Phi) is 19.0. The predicted molar refractivity (Wildman–Crippen MR) is 307 cm³/mol. The van der Waals surface area contributed by atoms with Gasteiger partial charge in [0.15, 0.2) is 5.82 Å². The van der Waals surface area contributed by atoms with Crippen LogP contribution in [0.1, 0.15) is 122 Å². The van der Waals surface area contributed by atoms with Gasteiger partial charge in [-0.3, -0.25) is 44.4 Å². The molecule has 5 heterocycles. The van der Waals surface area contributed by atoms with Crippen molar-refractivity contribution in [1.29, 1.82) is 0 Å². The molecule has 7 N–H and O–H groups in total. The molecule has 422 valence electrons. The number of piperidine rings is 1. The molecule has 0 spiro atoms. The Morgan fingerprint density at radius 1 is 0.890 bits per heavy atom. The number of carbonyl (C=O) groups is 7. The molecule has 21 nitrogen and oxygen atoms in total. The lowest BCUT2D eigenvalue weighted by atomic mass is 9.79. The van der Waals surface area contributed by atoms with Gasteiger partial charge in [0.05, 0.1) is 41.0 Å². The molecule has 0 bridgehead atoms. The predicted octanol–water partition coefficient (Wildman–Crippen LogP) is 8.49. The lowest BCUT2D eigenvalue weighted by molar-refractivity contribution is -0.136. The molecule has 22 heteroatoms. The third kappa shape index (κ3) is 14.5. The van der Waals surface area contributed by atoms with E-state index in [1.807, 2.05) is 37.3 Å². The highest BCUT2D eigenvalue weighted by Crippen LogP contribution is 2.37. The number of alkyl carbamates (subject to hydrolysis) is 1. The second kappa shape index (κ2) is 27.2. The first-order valence-electron chi connectivity index (χ1n) is 27.2. The fourth-order valence-corrected chi connectivity index (χ4v) is 10.2. The number of amides is 7. The third-order valence-corrected chi connectivity index (χ3v) is 14.5. The van der Waals surface area contributed by atoms with E-state index in [0.717, 1.165) is 53.1 Å². The topological polar surface area (TPSA) is 276 Å². The Bertz CT molecular complexity index is 3430. The highest BCUT2D eigenvalue weighted by atomic mass is 35.5. The number of aromatic nitrogens is 3. The lowest BCUT2D eigenvalue weighted by Gasteiger charge is -2.32. The van der Waals surface area contributed by atoms with Gasteiger partial charge in [-0.2, -0.15) is 10.1 Å². The number of benzene rings is 3. The standard InChI is InChI=1S/C60H61ClN12O9/c1-3-50(74)67-46-17-6-7-18-47(46)68-55-45(61)35-65-59(70-55)66-40-29-31-62-39(33-40)13-8-9-30-63-60(80)82-41-14-11-15-43-42(26-25-41)36(2)71-72-54(43)38-23-21-37(22-24-38)34-64-51(75)20-5-4-10-32-81-49-19-12-16-44-53(49)58(79)73(57(44)78)48-27-28-52(76)69-56(48)77/h3,6-7,12,16-19,21-24,29,31,33,35,41,43,48,71H,1,4-5,9-11,14-15,20,25-28,30,32,34H2,2H3,(H,63,80)(H,64,75)(H,67,74)(H,69,76,77)(H2,62,65,66,68,70). The number of hydrogen-bond acceptors (Lipinski definition) is 16. The summed E-state index contributed by atoms with van der Waals surface area (Å²) in [4.78, 5) is 102. The number of hydrogen-bond donors (Lipinski definition) is 7. The van der Waals surface area contributed by atoms with Crippen LogP contribution >= 0.6 is 11.6 Å². The molecule has 7 amide bonds. The van der Waals surface area contributed by atoms with Gasteiger partial charge in [0, 0.05) is 55.9 Å². The minimum Gasteiger partial charge on any atom is -0.493 e. The van der Waals surface area contributed by atoms with Crippen LogP contribution < -0.4 is 42.1 Å². The fraction of sp³-hybridized carbons (Fsp3) is 0.317. The first kappa shape index (κ1) is 57.3. The number of fused-ring (bicyclic) bond motifs is 2. The number of allylic oxidation sites excluding steroid dienone is 2. The number of halogens is 1. The summed E-state index contributed by atoms with van der Waals surface area (Å²) in [6.45, 7) is 6.46. The molecule has 3 unspecified atom stereocenters. The number of imide groups is 2. The highest BCUT2D eigenvalue weighted by molar-refractivity contribution is 6.33. The zero-order chi connectivity index (χ0) is 57.5. The van der Waals surface area contributed by atoms with Gasteiger partial charge in [-0.25, -0.2) is 14.8 Å². The van der Waals surface area contributed by atoms with Crippen molar-refractivity contribution in [3.8, 4) is 17.6 Å². The first-order valence-corrected chi connectivity index (χ1v) is 27.5. The van der Waals surface area contributed by atoms with Gasteiger partial charge < -0.3 is 36.1 Å². The van der Waals surface area contributed by atoms with E-state index in [0.29, 0.717) is 80.2 Å². The quantitative estimate of drug-likeness (QED) is 0.0167. The summed E-state index contributed by atoms with van der Waals surface area (Å²) in [5.41, 5.74) is 10.9. The minimum atomic E-state index is -1.06. The number of carbonyl (C=O) groups excluding carboxylic acids is 7. The second-order valence-corrected chi connectivity index (χ2v) is 20.3. The fourth-order valence-electron chi connectivity index (χ4n) is 10.0. The van der Waals surface area contributed by atoms with Crippen LogP contribution in [-0.2, 0) is 30.5 Å². The molecule has 1 aliphatic carbocycles. The smallest absolute Gasteiger partial charge is 0.407 e. The molecule has 3 aromatic carbocycles. The molecule has 2 aromatic heterocycles. The maximum Gasteiger partial charge on any atom is 0.407 e. The number of para-hydroxylation sites is 2. The first-order chi connectivity index (χ1) is 39.8. The van der Waals surface area contributed by atoms with E-state index in [-0.39, 0.29) is 71.1 Å². The van der Waals surface area contributed by atoms with Crippen molar-refractivity contribution < 1.29 is 43.0 Å². The van der Waals surface area contributed by atoms with E-state index in [2.05, 4.69) is 70.7 Å². The molecule has 2 fully saturated rings. The molecule has 3 aliphatic heterocycles. The zero-order valence-corrected chi connectivity index (χ0v) is 45.8. The summed E-state index contributed by atoms with van der Waals surface area (Å²) in [6.07, 6.45) is 10.1. The molecule has 1 saturated carbocycles. The Hall–Kier alpha value is -9.42. The number of rotatable bonds is 20. The lowest BCUT2D eigenvalue weighted by Crippen LogP contribution is -2.54. The number of unbranched alkanes of at least 4 members (excludes halogenated alkanes) is 2. The van der Waals surface area contributed by atoms with Crippen molar-refractivity contribution in [3.05, 3.63) is 148 Å². The van der Waals surface area contributed by atoms with Gasteiger partial charge in [0.2, 0.25) is 29.6 Å². The van der Waals surface area contributed by atoms with Crippen LogP contribution in [0.3, 0.4) is 0 Å². The van der Waals surface area contributed by atoms with Crippen LogP contribution in [0, 0.1) is 17.8 Å². The number of ether oxygens (including phenoxy) is 2. The number of pyridine rings is 1. The molecule has 9 rings (SSSR count). The van der Waals surface area contributed by atoms with E-state index >= 15 is 0 Å². The summed E-state index contributed by atoms with van der Waals surface area (Å²) >= 11 is 6.42. The Balaban J connectivity index is 0.663. The monoisotopic (exact) mass is 1130 g/mol. The normalized spacial score (nSPS) is 17.5. The van der Waals surface area contributed by atoms with E-state index < -0.39 is 35.8 Å². The van der Waals surface area contributed by atoms with Crippen molar-refractivity contribution in [1.82, 2.24) is 41.2 Å². The van der Waals surface area contributed by atoms with Crippen molar-refractivity contribution in [2.45, 2.75) is 103 Å². The minimum absolute atomic E-state index is 0.0356. The molecular weight excluding hydrogens is 1070 g/mol. The van der Waals surface area contributed by atoms with Crippen molar-refractivity contribution in [3.63, 3.8) is 0 Å². The molecule has 82 heavy (non-hydrogen) atoms. The Morgan fingerprint density at radius 3 is 2.54 bits per heavy atom. The summed E-state index contributed by atoms with van der Waals surface area (Å²) in [6, 6.07) is 22.4. The molecule has 1 saturated heterocycles. The van der Waals surface area contributed by atoms with Crippen LogP contribution in [-0.4, -0.2) is 92.4 Å². The number of hydrazone groups is 1. The largest absolute Gasteiger partial charge is 0.493 e. The summed E-state index contributed by atoms with van der Waals surface area (Å²) in [5, 5.41) is 22.1. The second-order valence-electron chi connectivity index (χ2n) is 19.9. The van der Waals surface area contributed by atoms with Crippen LogP contribution in [0.2, 0.25) is 5.02 Å². The van der Waals surface area contributed by atoms with Crippen LogP contribution in [0.15, 0.2) is 120 Å². The maximum absolute atomic E-state index is 13.3. The van der Waals surface area contributed by atoms with Crippen LogP contribution in [0.25, 0.3) is 0 Å². The van der Waals surface area contributed by atoms with Crippen molar-refractivity contribution in [2.24, 2.45) is 11.0 Å². The molecule has 4 aliphatic rings.